The highest BCUT2D eigenvalue weighted by molar-refractivity contribution is 7.10. The maximum Gasteiger partial charge on any atom is 0.139 e. The van der Waals surface area contributed by atoms with E-state index in [0.717, 1.165) is 19.1 Å². The van der Waals surface area contributed by atoms with Crippen LogP contribution in [0.5, 0.6) is 0 Å². The zero-order valence-corrected chi connectivity index (χ0v) is 9.54. The lowest BCUT2D eigenvalue weighted by Crippen LogP contribution is -2.49. The highest BCUT2D eigenvalue weighted by Gasteiger charge is 2.31. The number of aromatic nitrogens is 1. The van der Waals surface area contributed by atoms with Gasteiger partial charge in [0.15, 0.2) is 0 Å². The van der Waals surface area contributed by atoms with Gasteiger partial charge in [-0.15, -0.1) is 0 Å². The lowest BCUT2D eigenvalue weighted by Gasteiger charge is -2.37. The van der Waals surface area contributed by atoms with E-state index in [2.05, 4.69) is 14.2 Å². The largest absolute Gasteiger partial charge is 0.383 e. The lowest BCUT2D eigenvalue weighted by atomic mass is 10.1. The number of rotatable bonds is 1. The van der Waals surface area contributed by atoms with Crippen LogP contribution in [0.1, 0.15) is 12.8 Å². The molecule has 1 unspecified atom stereocenters. The summed E-state index contributed by atoms with van der Waals surface area (Å²) < 4.78 is 4.14. The molecule has 1 atom stereocenters. The zero-order chi connectivity index (χ0) is 10.3. The molecule has 2 aliphatic rings. The maximum atomic E-state index is 5.65. The van der Waals surface area contributed by atoms with Crippen LogP contribution >= 0.6 is 11.5 Å². The molecule has 15 heavy (non-hydrogen) atoms. The Kier molecular flexibility index (Phi) is 2.29. The highest BCUT2D eigenvalue weighted by Crippen LogP contribution is 2.28. The Bertz CT molecular complexity index is 351. The Morgan fingerprint density at radius 2 is 2.33 bits per heavy atom. The fourth-order valence-corrected chi connectivity index (χ4v) is 3.33. The highest BCUT2D eigenvalue weighted by atomic mass is 32.1. The van der Waals surface area contributed by atoms with E-state index in [1.165, 1.54) is 42.5 Å². The SMILES string of the molecule is Nc1cc(N2CCN3CCCC3C2)sn1. The van der Waals surface area contributed by atoms with Crippen molar-refractivity contribution in [2.45, 2.75) is 18.9 Å². The Morgan fingerprint density at radius 3 is 3.13 bits per heavy atom. The fraction of sp³-hybridized carbons (Fsp3) is 0.700. The van der Waals surface area contributed by atoms with Gasteiger partial charge in [0, 0.05) is 31.7 Å². The van der Waals surface area contributed by atoms with Crippen molar-refractivity contribution in [2.24, 2.45) is 0 Å². The van der Waals surface area contributed by atoms with E-state index < -0.39 is 0 Å². The minimum absolute atomic E-state index is 0.656. The van der Waals surface area contributed by atoms with Gasteiger partial charge in [0.05, 0.1) is 0 Å². The summed E-state index contributed by atoms with van der Waals surface area (Å²) in [6.07, 6.45) is 2.72. The Balaban J connectivity index is 1.73. The van der Waals surface area contributed by atoms with Crippen LogP contribution in [0.2, 0.25) is 0 Å². The van der Waals surface area contributed by atoms with Crippen LogP contribution in [0.25, 0.3) is 0 Å². The summed E-state index contributed by atoms with van der Waals surface area (Å²) in [7, 11) is 0. The summed E-state index contributed by atoms with van der Waals surface area (Å²) >= 11 is 1.52. The molecule has 2 aliphatic heterocycles. The first kappa shape index (κ1) is 9.42. The van der Waals surface area contributed by atoms with Gasteiger partial charge in [-0.1, -0.05) is 0 Å². The van der Waals surface area contributed by atoms with Crippen molar-refractivity contribution >= 4 is 22.4 Å². The monoisotopic (exact) mass is 224 g/mol. The summed E-state index contributed by atoms with van der Waals surface area (Å²) in [6.45, 7) is 4.77. The maximum absolute atomic E-state index is 5.65. The molecule has 0 bridgehead atoms. The van der Waals surface area contributed by atoms with Crippen molar-refractivity contribution in [3.8, 4) is 0 Å². The number of hydrogen-bond donors (Lipinski definition) is 1. The number of piperazine rings is 1. The summed E-state index contributed by atoms with van der Waals surface area (Å²) in [5, 5.41) is 1.24. The fourth-order valence-electron chi connectivity index (χ4n) is 2.62. The third kappa shape index (κ3) is 1.70. The Labute approximate surface area is 93.8 Å². The second kappa shape index (κ2) is 3.64. The molecular weight excluding hydrogens is 208 g/mol. The normalized spacial score (nSPS) is 26.9. The predicted octanol–water partition coefficient (Wildman–Crippen LogP) is 1.01. The second-order valence-corrected chi connectivity index (χ2v) is 5.15. The molecule has 0 aliphatic carbocycles. The average Bonchev–Trinajstić information content (AvgIpc) is 2.84. The quantitative estimate of drug-likeness (QED) is 0.773. The lowest BCUT2D eigenvalue weighted by molar-refractivity contribution is 0.231. The molecule has 3 heterocycles. The number of nitrogens with two attached hydrogens (primary N) is 1. The summed E-state index contributed by atoms with van der Waals surface area (Å²) in [5.41, 5.74) is 5.65. The van der Waals surface area contributed by atoms with E-state index in [4.69, 9.17) is 5.73 Å². The Morgan fingerprint density at radius 1 is 1.40 bits per heavy atom. The average molecular weight is 224 g/mol. The first-order valence-corrected chi connectivity index (χ1v) is 6.31. The van der Waals surface area contributed by atoms with E-state index in [-0.39, 0.29) is 0 Å². The summed E-state index contributed by atoms with van der Waals surface area (Å²) in [4.78, 5) is 5.04. The van der Waals surface area contributed by atoms with E-state index in [0.29, 0.717) is 5.82 Å². The topological polar surface area (TPSA) is 45.4 Å². The molecule has 4 nitrogen and oxygen atoms in total. The molecule has 3 rings (SSSR count). The molecule has 1 aromatic heterocycles. The van der Waals surface area contributed by atoms with Gasteiger partial charge in [0.2, 0.25) is 0 Å². The van der Waals surface area contributed by atoms with Gasteiger partial charge in [-0.2, -0.15) is 4.37 Å². The van der Waals surface area contributed by atoms with Crippen molar-refractivity contribution < 1.29 is 0 Å². The Hall–Kier alpha value is -0.810. The van der Waals surface area contributed by atoms with Crippen LogP contribution in [-0.4, -0.2) is 41.5 Å². The first-order chi connectivity index (χ1) is 7.33. The minimum Gasteiger partial charge on any atom is -0.383 e. The van der Waals surface area contributed by atoms with Crippen molar-refractivity contribution in [1.29, 1.82) is 0 Å². The minimum atomic E-state index is 0.656. The molecular formula is C10H16N4S. The smallest absolute Gasteiger partial charge is 0.139 e. The van der Waals surface area contributed by atoms with Crippen molar-refractivity contribution in [3.05, 3.63) is 6.07 Å². The molecule has 1 aromatic rings. The molecule has 0 spiro atoms. The van der Waals surface area contributed by atoms with Crippen LogP contribution in [0, 0.1) is 0 Å². The third-order valence-electron chi connectivity index (χ3n) is 3.41. The number of hydrogen-bond acceptors (Lipinski definition) is 5. The van der Waals surface area contributed by atoms with E-state index >= 15 is 0 Å². The van der Waals surface area contributed by atoms with Gasteiger partial charge >= 0.3 is 0 Å². The molecule has 0 saturated carbocycles. The van der Waals surface area contributed by atoms with Crippen LogP contribution < -0.4 is 10.6 Å². The van der Waals surface area contributed by atoms with Crippen LogP contribution in [-0.2, 0) is 0 Å². The van der Waals surface area contributed by atoms with Crippen LogP contribution in [0.15, 0.2) is 6.07 Å². The van der Waals surface area contributed by atoms with Gasteiger partial charge in [0.1, 0.15) is 10.8 Å². The van der Waals surface area contributed by atoms with E-state index in [9.17, 15) is 0 Å². The second-order valence-electron chi connectivity index (χ2n) is 4.37. The number of fused-ring (bicyclic) bond motifs is 1. The van der Waals surface area contributed by atoms with Crippen molar-refractivity contribution in [3.63, 3.8) is 0 Å². The first-order valence-electron chi connectivity index (χ1n) is 5.54. The van der Waals surface area contributed by atoms with Gasteiger partial charge in [-0.05, 0) is 30.9 Å². The van der Waals surface area contributed by atoms with Gasteiger partial charge < -0.3 is 10.6 Å². The van der Waals surface area contributed by atoms with Crippen molar-refractivity contribution in [2.75, 3.05) is 36.8 Å². The van der Waals surface area contributed by atoms with Crippen LogP contribution in [0.4, 0.5) is 10.8 Å². The molecule has 0 amide bonds. The third-order valence-corrected chi connectivity index (χ3v) is 4.28. The zero-order valence-electron chi connectivity index (χ0n) is 8.72. The van der Waals surface area contributed by atoms with Gasteiger partial charge in [-0.25, -0.2) is 0 Å². The predicted molar refractivity (Wildman–Crippen MR) is 63.3 cm³/mol. The molecule has 0 radical (unpaired) electrons. The van der Waals surface area contributed by atoms with Crippen molar-refractivity contribution in [1.82, 2.24) is 9.27 Å². The van der Waals surface area contributed by atoms with Gasteiger partial charge in [-0.3, -0.25) is 4.90 Å². The summed E-state index contributed by atoms with van der Waals surface area (Å²) in [6, 6.07) is 2.76. The van der Waals surface area contributed by atoms with Gasteiger partial charge in [0.25, 0.3) is 0 Å². The molecule has 2 saturated heterocycles. The van der Waals surface area contributed by atoms with Crippen LogP contribution in [0.3, 0.4) is 0 Å². The standard InChI is InChI=1S/C10H16N4S/c11-9-6-10(15-12-9)14-5-4-13-3-1-2-8(13)7-14/h6,8H,1-5,7H2,(H2,11,12). The van der Waals surface area contributed by atoms with E-state index in [1.807, 2.05) is 6.07 Å². The number of nitrogen functional groups attached to an aromatic ring is 1. The molecule has 0 aromatic carbocycles. The van der Waals surface area contributed by atoms with E-state index in [1.54, 1.807) is 0 Å². The molecule has 2 fully saturated rings. The molecule has 2 N–H and O–H groups in total. The summed E-state index contributed by atoms with van der Waals surface area (Å²) in [5.74, 6) is 0.656. The number of anilines is 2. The molecule has 5 heteroatoms. The molecule has 82 valence electrons. The number of nitrogens with zero attached hydrogens (tertiary/aromatic N) is 3.